The molecule has 22 heavy (non-hydrogen) atoms. The van der Waals surface area contributed by atoms with Crippen LogP contribution in [0.5, 0.6) is 0 Å². The Labute approximate surface area is 127 Å². The van der Waals surface area contributed by atoms with Gasteiger partial charge < -0.3 is 10.0 Å². The fourth-order valence-electron chi connectivity index (χ4n) is 2.35. The van der Waals surface area contributed by atoms with Crippen molar-refractivity contribution in [3.8, 4) is 0 Å². The fraction of sp³-hybridized carbons (Fsp3) is 0.333. The number of carboxylic acid groups (broad SMARTS) is 1. The summed E-state index contributed by atoms with van der Waals surface area (Å²) < 4.78 is 0. The lowest BCUT2D eigenvalue weighted by molar-refractivity contribution is -0.144. The van der Waals surface area contributed by atoms with E-state index in [9.17, 15) is 19.2 Å². The normalized spacial score (nSPS) is 13.2. The minimum Gasteiger partial charge on any atom is -0.480 e. The van der Waals surface area contributed by atoms with Crippen molar-refractivity contribution >= 4 is 23.7 Å². The largest absolute Gasteiger partial charge is 0.480 e. The molecular formula is C15H16N2O5. The molecule has 1 N–H and O–H groups in total. The van der Waals surface area contributed by atoms with Gasteiger partial charge >= 0.3 is 5.97 Å². The molecule has 116 valence electrons. The second-order valence-electron chi connectivity index (χ2n) is 4.86. The number of carboxylic acids is 1. The maximum Gasteiger partial charge on any atom is 0.323 e. The number of carbonyl (C=O) groups is 4. The molecule has 3 amide bonds. The summed E-state index contributed by atoms with van der Waals surface area (Å²) in [6, 6.07) is 6.48. The van der Waals surface area contributed by atoms with Crippen molar-refractivity contribution in [2.75, 3.05) is 19.6 Å². The molecule has 0 radical (unpaired) electrons. The summed E-state index contributed by atoms with van der Waals surface area (Å²) in [5.41, 5.74) is 0.663. The van der Waals surface area contributed by atoms with Gasteiger partial charge in [0.2, 0.25) is 5.91 Å². The number of imide groups is 1. The molecule has 7 heteroatoms. The summed E-state index contributed by atoms with van der Waals surface area (Å²) in [4.78, 5) is 49.1. The van der Waals surface area contributed by atoms with Crippen molar-refractivity contribution in [3.05, 3.63) is 35.4 Å². The molecule has 0 aliphatic carbocycles. The van der Waals surface area contributed by atoms with Gasteiger partial charge in [0.05, 0.1) is 11.1 Å². The minimum absolute atomic E-state index is 0.0543. The Morgan fingerprint density at radius 3 is 2.14 bits per heavy atom. The second kappa shape index (κ2) is 6.38. The van der Waals surface area contributed by atoms with E-state index in [2.05, 4.69) is 0 Å². The zero-order valence-electron chi connectivity index (χ0n) is 12.1. The van der Waals surface area contributed by atoms with Crippen LogP contribution in [0, 0.1) is 0 Å². The highest BCUT2D eigenvalue weighted by atomic mass is 16.4. The third-order valence-electron chi connectivity index (χ3n) is 3.49. The van der Waals surface area contributed by atoms with Gasteiger partial charge in [0, 0.05) is 19.5 Å². The first-order chi connectivity index (χ1) is 10.5. The van der Waals surface area contributed by atoms with Crippen LogP contribution in [0.15, 0.2) is 24.3 Å². The van der Waals surface area contributed by atoms with Crippen LogP contribution in [0.2, 0.25) is 0 Å². The predicted octanol–water partition coefficient (Wildman–Crippen LogP) is 0.606. The number of aliphatic carboxylic acids is 1. The van der Waals surface area contributed by atoms with Crippen molar-refractivity contribution < 1.29 is 24.3 Å². The number of likely N-dealkylation sites (N-methyl/N-ethyl adjacent to an activating group) is 1. The quantitative estimate of drug-likeness (QED) is 0.777. The number of nitrogens with zero attached hydrogens (tertiary/aromatic N) is 2. The summed E-state index contributed by atoms with van der Waals surface area (Å²) >= 11 is 0. The van der Waals surface area contributed by atoms with Crippen molar-refractivity contribution in [1.82, 2.24) is 9.80 Å². The van der Waals surface area contributed by atoms with Crippen LogP contribution >= 0.6 is 0 Å². The molecule has 0 bridgehead atoms. The predicted molar refractivity (Wildman–Crippen MR) is 76.3 cm³/mol. The van der Waals surface area contributed by atoms with Gasteiger partial charge in [-0.15, -0.1) is 0 Å². The highest BCUT2D eigenvalue weighted by Gasteiger charge is 2.35. The van der Waals surface area contributed by atoms with E-state index in [0.717, 1.165) is 4.90 Å². The molecule has 2 rings (SSSR count). The van der Waals surface area contributed by atoms with Crippen LogP contribution in [-0.4, -0.2) is 58.2 Å². The third-order valence-corrected chi connectivity index (χ3v) is 3.49. The van der Waals surface area contributed by atoms with Crippen molar-refractivity contribution in [3.63, 3.8) is 0 Å². The Hall–Kier alpha value is -2.70. The molecule has 0 unspecified atom stereocenters. The van der Waals surface area contributed by atoms with E-state index >= 15 is 0 Å². The Morgan fingerprint density at radius 2 is 1.68 bits per heavy atom. The van der Waals surface area contributed by atoms with E-state index in [4.69, 9.17) is 5.11 Å². The van der Waals surface area contributed by atoms with Crippen molar-refractivity contribution in [1.29, 1.82) is 0 Å². The summed E-state index contributed by atoms with van der Waals surface area (Å²) in [5.74, 6) is -2.35. The smallest absolute Gasteiger partial charge is 0.323 e. The first-order valence-electron chi connectivity index (χ1n) is 6.90. The molecule has 7 nitrogen and oxygen atoms in total. The van der Waals surface area contributed by atoms with Gasteiger partial charge in [0.25, 0.3) is 11.8 Å². The molecule has 1 aliphatic heterocycles. The standard InChI is InChI=1S/C15H16N2O5/c1-2-16(9-13(19)20)12(18)7-8-17-14(21)10-5-3-4-6-11(10)15(17)22/h3-6H,2,7-9H2,1H3,(H,19,20). The van der Waals surface area contributed by atoms with E-state index in [1.54, 1.807) is 31.2 Å². The molecule has 1 aromatic carbocycles. The van der Waals surface area contributed by atoms with Gasteiger partial charge in [0.15, 0.2) is 0 Å². The maximum absolute atomic E-state index is 12.1. The number of rotatable bonds is 6. The second-order valence-corrected chi connectivity index (χ2v) is 4.86. The van der Waals surface area contributed by atoms with E-state index in [1.807, 2.05) is 0 Å². The lowest BCUT2D eigenvalue weighted by Crippen LogP contribution is -2.39. The Kier molecular flexibility index (Phi) is 4.55. The van der Waals surface area contributed by atoms with Gasteiger partial charge in [0.1, 0.15) is 6.54 Å². The number of hydrogen-bond donors (Lipinski definition) is 1. The monoisotopic (exact) mass is 304 g/mol. The Balaban J connectivity index is 2.01. The van der Waals surface area contributed by atoms with Crippen LogP contribution in [0.4, 0.5) is 0 Å². The lowest BCUT2D eigenvalue weighted by atomic mass is 10.1. The van der Waals surface area contributed by atoms with Gasteiger partial charge in [-0.1, -0.05) is 12.1 Å². The van der Waals surface area contributed by atoms with Gasteiger partial charge in [-0.05, 0) is 19.1 Å². The van der Waals surface area contributed by atoms with Crippen molar-refractivity contribution in [2.24, 2.45) is 0 Å². The van der Waals surface area contributed by atoms with Crippen molar-refractivity contribution in [2.45, 2.75) is 13.3 Å². The van der Waals surface area contributed by atoms with Crippen LogP contribution in [0.1, 0.15) is 34.1 Å². The number of carbonyl (C=O) groups excluding carboxylic acids is 3. The Morgan fingerprint density at radius 1 is 1.14 bits per heavy atom. The summed E-state index contributed by atoms with van der Waals surface area (Å²) in [6.07, 6.45) is -0.0907. The number of hydrogen-bond acceptors (Lipinski definition) is 4. The fourth-order valence-corrected chi connectivity index (χ4v) is 2.35. The SMILES string of the molecule is CCN(CC(=O)O)C(=O)CCN1C(=O)c2ccccc2C1=O. The van der Waals surface area contributed by atoms with Crippen LogP contribution in [0.25, 0.3) is 0 Å². The average Bonchev–Trinajstić information content (AvgIpc) is 2.74. The highest BCUT2D eigenvalue weighted by Crippen LogP contribution is 2.22. The number of amides is 3. The average molecular weight is 304 g/mol. The molecular weight excluding hydrogens is 288 g/mol. The van der Waals surface area contributed by atoms with Gasteiger partial charge in [-0.25, -0.2) is 0 Å². The Bertz CT molecular complexity index is 606. The highest BCUT2D eigenvalue weighted by molar-refractivity contribution is 6.21. The van der Waals surface area contributed by atoms with Crippen LogP contribution in [-0.2, 0) is 9.59 Å². The maximum atomic E-state index is 12.1. The summed E-state index contributed by atoms with van der Waals surface area (Å²) in [5, 5.41) is 8.73. The lowest BCUT2D eigenvalue weighted by Gasteiger charge is -2.20. The molecule has 0 fully saturated rings. The first kappa shape index (κ1) is 15.7. The molecule has 0 saturated carbocycles. The van der Waals surface area contributed by atoms with Gasteiger partial charge in [-0.2, -0.15) is 0 Å². The molecule has 0 atom stereocenters. The minimum atomic E-state index is -1.10. The summed E-state index contributed by atoms with van der Waals surface area (Å²) in [7, 11) is 0. The number of fused-ring (bicyclic) bond motifs is 1. The zero-order chi connectivity index (χ0) is 16.3. The van der Waals surface area contributed by atoms with Crippen LogP contribution in [0.3, 0.4) is 0 Å². The summed E-state index contributed by atoms with van der Waals surface area (Å²) in [6.45, 7) is 1.48. The van der Waals surface area contributed by atoms with E-state index in [0.29, 0.717) is 11.1 Å². The van der Waals surface area contributed by atoms with E-state index in [-0.39, 0.29) is 19.5 Å². The molecule has 1 aliphatic rings. The third kappa shape index (κ3) is 2.98. The van der Waals surface area contributed by atoms with Gasteiger partial charge in [-0.3, -0.25) is 24.1 Å². The molecule has 0 aromatic heterocycles. The zero-order valence-corrected chi connectivity index (χ0v) is 12.1. The molecule has 1 aromatic rings. The topological polar surface area (TPSA) is 95.0 Å². The molecule has 0 spiro atoms. The van der Waals surface area contributed by atoms with E-state index in [1.165, 1.54) is 4.90 Å². The molecule has 1 heterocycles. The molecule has 0 saturated heterocycles. The van der Waals surface area contributed by atoms with E-state index < -0.39 is 30.2 Å². The first-order valence-corrected chi connectivity index (χ1v) is 6.90. The number of benzene rings is 1. The van der Waals surface area contributed by atoms with Crippen LogP contribution < -0.4 is 0 Å².